The summed E-state index contributed by atoms with van der Waals surface area (Å²) in [4.78, 5) is 4.05. The molecule has 0 unspecified atom stereocenters. The summed E-state index contributed by atoms with van der Waals surface area (Å²) >= 11 is 0. The minimum atomic E-state index is -4.32. The molecule has 98 valence electrons. The highest BCUT2D eigenvalue weighted by molar-refractivity contribution is 5.82. The zero-order valence-electron chi connectivity index (χ0n) is 10.5. The molecule has 1 N–H and O–H groups in total. The monoisotopic (exact) mass is 256 g/mol. The lowest BCUT2D eigenvalue weighted by Crippen LogP contribution is -2.04. The van der Waals surface area contributed by atoms with Crippen LogP contribution in [0.5, 0.6) is 0 Å². The van der Waals surface area contributed by atoms with E-state index in [2.05, 4.69) is 10.3 Å². The number of anilines is 1. The van der Waals surface area contributed by atoms with Crippen LogP contribution in [0, 0.1) is 0 Å². The van der Waals surface area contributed by atoms with Crippen LogP contribution in [-0.2, 0) is 6.18 Å². The van der Waals surface area contributed by atoms with E-state index in [9.17, 15) is 13.2 Å². The Morgan fingerprint density at radius 1 is 1.11 bits per heavy atom. The van der Waals surface area contributed by atoms with Gasteiger partial charge in [0.1, 0.15) is 0 Å². The van der Waals surface area contributed by atoms with Gasteiger partial charge in [0, 0.05) is 12.4 Å². The van der Waals surface area contributed by atoms with Crippen molar-refractivity contribution in [2.75, 3.05) is 12.4 Å². The third-order valence-electron chi connectivity index (χ3n) is 2.30. The second-order valence-corrected chi connectivity index (χ2v) is 3.38. The van der Waals surface area contributed by atoms with Gasteiger partial charge in [0.2, 0.25) is 0 Å². The van der Waals surface area contributed by atoms with Crippen LogP contribution in [0.4, 0.5) is 18.9 Å². The van der Waals surface area contributed by atoms with E-state index in [1.807, 2.05) is 13.8 Å². The molecule has 0 radical (unpaired) electrons. The summed E-state index contributed by atoms with van der Waals surface area (Å²) < 4.78 is 37.4. The van der Waals surface area contributed by atoms with Crippen LogP contribution >= 0.6 is 0 Å². The van der Waals surface area contributed by atoms with Gasteiger partial charge in [-0.05, 0) is 24.3 Å². The molecular weight excluding hydrogens is 241 g/mol. The van der Waals surface area contributed by atoms with Gasteiger partial charge < -0.3 is 5.32 Å². The van der Waals surface area contributed by atoms with E-state index in [0.717, 1.165) is 12.1 Å². The molecule has 0 saturated heterocycles. The number of aromatic nitrogens is 1. The number of pyridine rings is 1. The van der Waals surface area contributed by atoms with Crippen LogP contribution < -0.4 is 5.32 Å². The molecule has 0 fully saturated rings. The third-order valence-corrected chi connectivity index (χ3v) is 2.30. The lowest BCUT2D eigenvalue weighted by Gasteiger charge is -2.08. The van der Waals surface area contributed by atoms with Gasteiger partial charge in [-0.1, -0.05) is 13.8 Å². The fourth-order valence-electron chi connectivity index (χ4n) is 1.44. The second-order valence-electron chi connectivity index (χ2n) is 3.38. The van der Waals surface area contributed by atoms with Crippen molar-refractivity contribution in [1.82, 2.24) is 4.98 Å². The van der Waals surface area contributed by atoms with Crippen LogP contribution in [0.15, 0.2) is 30.5 Å². The lowest BCUT2D eigenvalue weighted by molar-refractivity contribution is -0.137. The van der Waals surface area contributed by atoms with Crippen LogP contribution in [0.1, 0.15) is 19.4 Å². The number of nitrogens with zero attached hydrogens (tertiary/aromatic N) is 1. The summed E-state index contributed by atoms with van der Waals surface area (Å²) in [6.45, 7) is 4.00. The zero-order valence-corrected chi connectivity index (χ0v) is 10.5. The van der Waals surface area contributed by atoms with E-state index in [0.29, 0.717) is 16.6 Å². The number of nitrogens with one attached hydrogen (secondary N) is 1. The maximum atomic E-state index is 12.5. The van der Waals surface area contributed by atoms with Crippen molar-refractivity contribution in [3.63, 3.8) is 0 Å². The summed E-state index contributed by atoms with van der Waals surface area (Å²) in [5.41, 5.74) is 0.578. The summed E-state index contributed by atoms with van der Waals surface area (Å²) in [6.07, 6.45) is -2.74. The number of hydrogen-bond donors (Lipinski definition) is 1. The Morgan fingerprint density at radius 3 is 2.33 bits per heavy atom. The van der Waals surface area contributed by atoms with Gasteiger partial charge in [0.05, 0.1) is 23.0 Å². The first-order valence-corrected chi connectivity index (χ1v) is 5.65. The molecular formula is C13H15F3N2. The largest absolute Gasteiger partial charge is 0.416 e. The van der Waals surface area contributed by atoms with E-state index in [1.165, 1.54) is 6.07 Å². The van der Waals surface area contributed by atoms with Gasteiger partial charge in [-0.25, -0.2) is 0 Å². The highest BCUT2D eigenvalue weighted by Gasteiger charge is 2.30. The maximum Gasteiger partial charge on any atom is 0.416 e. The second kappa shape index (κ2) is 5.71. The van der Waals surface area contributed by atoms with Gasteiger partial charge in [-0.2, -0.15) is 13.2 Å². The Balaban J connectivity index is 0.000000771. The van der Waals surface area contributed by atoms with E-state index in [-0.39, 0.29) is 0 Å². The fourth-order valence-corrected chi connectivity index (χ4v) is 1.44. The van der Waals surface area contributed by atoms with Crippen molar-refractivity contribution in [2.45, 2.75) is 20.0 Å². The van der Waals surface area contributed by atoms with Crippen molar-refractivity contribution < 1.29 is 13.2 Å². The Labute approximate surface area is 104 Å². The van der Waals surface area contributed by atoms with Gasteiger partial charge in [0.25, 0.3) is 0 Å². The minimum absolute atomic E-state index is 0.474. The fraction of sp³-hybridized carbons (Fsp3) is 0.308. The molecule has 0 atom stereocenters. The molecule has 2 nitrogen and oxygen atoms in total. The number of fused-ring (bicyclic) bond motifs is 1. The first-order valence-electron chi connectivity index (χ1n) is 5.65. The summed E-state index contributed by atoms with van der Waals surface area (Å²) in [5, 5.41) is 3.31. The molecule has 0 aliphatic rings. The Hall–Kier alpha value is -1.78. The number of hydrogen-bond acceptors (Lipinski definition) is 2. The molecule has 18 heavy (non-hydrogen) atoms. The molecule has 0 saturated carbocycles. The first-order chi connectivity index (χ1) is 8.50. The van der Waals surface area contributed by atoms with Gasteiger partial charge in [0.15, 0.2) is 0 Å². The number of halogens is 3. The van der Waals surface area contributed by atoms with Gasteiger partial charge in [-0.15, -0.1) is 0 Å². The molecule has 1 aromatic heterocycles. The molecule has 1 heterocycles. The number of rotatable bonds is 1. The molecule has 2 rings (SSSR count). The van der Waals surface area contributed by atoms with E-state index in [4.69, 9.17) is 0 Å². The topological polar surface area (TPSA) is 24.9 Å². The smallest absolute Gasteiger partial charge is 0.387 e. The highest BCUT2D eigenvalue weighted by Crippen LogP contribution is 2.31. The first kappa shape index (κ1) is 14.3. The number of alkyl halides is 3. The molecule has 0 amide bonds. The van der Waals surface area contributed by atoms with Crippen molar-refractivity contribution in [3.05, 3.63) is 36.0 Å². The normalized spacial score (nSPS) is 10.8. The molecule has 0 bridgehead atoms. The Kier molecular flexibility index (Phi) is 4.53. The quantitative estimate of drug-likeness (QED) is 0.821. The standard InChI is InChI=1S/C11H9F3N2.C2H6/c1-15-9-5-7-4-8(11(12,13)14)2-3-10(7)16-6-9;1-2/h2-6,15H,1H3;1-2H3. The molecule has 0 aliphatic heterocycles. The van der Waals surface area contributed by atoms with Gasteiger partial charge in [-0.3, -0.25) is 4.98 Å². The van der Waals surface area contributed by atoms with Gasteiger partial charge >= 0.3 is 6.18 Å². The highest BCUT2D eigenvalue weighted by atomic mass is 19.4. The van der Waals surface area contributed by atoms with E-state index in [1.54, 1.807) is 19.3 Å². The molecule has 1 aromatic carbocycles. The SMILES string of the molecule is CC.CNc1cnc2ccc(C(F)(F)F)cc2c1. The van der Waals surface area contributed by atoms with Crippen molar-refractivity contribution in [2.24, 2.45) is 0 Å². The maximum absolute atomic E-state index is 12.5. The van der Waals surface area contributed by atoms with E-state index < -0.39 is 11.7 Å². The van der Waals surface area contributed by atoms with Crippen molar-refractivity contribution >= 4 is 16.6 Å². The van der Waals surface area contributed by atoms with Crippen molar-refractivity contribution in [3.8, 4) is 0 Å². The number of benzene rings is 1. The zero-order chi connectivity index (χ0) is 13.8. The average Bonchev–Trinajstić information content (AvgIpc) is 2.38. The van der Waals surface area contributed by atoms with Crippen molar-refractivity contribution in [1.29, 1.82) is 0 Å². The summed E-state index contributed by atoms with van der Waals surface area (Å²) in [5.74, 6) is 0. The van der Waals surface area contributed by atoms with Crippen LogP contribution in [-0.4, -0.2) is 12.0 Å². The van der Waals surface area contributed by atoms with Crippen LogP contribution in [0.2, 0.25) is 0 Å². The average molecular weight is 256 g/mol. The Bertz CT molecular complexity index is 521. The third kappa shape index (κ3) is 3.12. The summed E-state index contributed by atoms with van der Waals surface area (Å²) in [6, 6.07) is 5.15. The Morgan fingerprint density at radius 2 is 1.78 bits per heavy atom. The predicted octanol–water partition coefficient (Wildman–Crippen LogP) is 4.32. The molecule has 0 aliphatic carbocycles. The molecule has 0 spiro atoms. The molecule has 2 aromatic rings. The van der Waals surface area contributed by atoms with E-state index >= 15 is 0 Å². The predicted molar refractivity (Wildman–Crippen MR) is 67.6 cm³/mol. The molecule has 5 heteroatoms. The summed E-state index contributed by atoms with van der Waals surface area (Å²) in [7, 11) is 1.69. The lowest BCUT2D eigenvalue weighted by atomic mass is 10.1. The minimum Gasteiger partial charge on any atom is -0.387 e. The van der Waals surface area contributed by atoms with Crippen LogP contribution in [0.25, 0.3) is 10.9 Å². The van der Waals surface area contributed by atoms with Crippen LogP contribution in [0.3, 0.4) is 0 Å².